The van der Waals surface area contributed by atoms with Gasteiger partial charge in [-0.15, -0.1) is 12.4 Å². The number of hydrogen-bond acceptors (Lipinski definition) is 3. The number of carbonyl (C=O) groups is 1. The van der Waals surface area contributed by atoms with Gasteiger partial charge in [-0.2, -0.15) is 0 Å². The van der Waals surface area contributed by atoms with Crippen LogP contribution in [0.1, 0.15) is 104 Å². The van der Waals surface area contributed by atoms with Crippen molar-refractivity contribution in [3.63, 3.8) is 0 Å². The molecular weight excluding hydrogens is 442 g/mol. The number of morpholine rings is 1. The molecule has 196 valence electrons. The molecule has 4 saturated carbocycles. The van der Waals surface area contributed by atoms with Gasteiger partial charge in [0, 0.05) is 32.5 Å². The Kier molecular flexibility index (Phi) is 8.79. The molecule has 1 unspecified atom stereocenters. The van der Waals surface area contributed by atoms with Gasteiger partial charge in [0.1, 0.15) is 5.78 Å². The van der Waals surface area contributed by atoms with Crippen molar-refractivity contribution in [1.29, 1.82) is 0 Å². The van der Waals surface area contributed by atoms with Gasteiger partial charge in [-0.05, 0) is 104 Å². The Bertz CT molecular complexity index is 693. The summed E-state index contributed by atoms with van der Waals surface area (Å²) in [4.78, 5) is 15.1. The maximum atomic E-state index is 12.7. The molecule has 0 radical (unpaired) electrons. The van der Waals surface area contributed by atoms with Crippen LogP contribution in [0.3, 0.4) is 0 Å². The number of fused-ring (bicyclic) bond motifs is 5. The zero-order chi connectivity index (χ0) is 23.1. The molecule has 4 aliphatic carbocycles. The first-order chi connectivity index (χ1) is 15.9. The monoisotopic (exact) mass is 493 g/mol. The van der Waals surface area contributed by atoms with Gasteiger partial charge in [0.2, 0.25) is 0 Å². The molecule has 5 rings (SSSR count). The van der Waals surface area contributed by atoms with E-state index in [1.807, 2.05) is 0 Å². The number of hydrogen-bond donors (Lipinski definition) is 0. The van der Waals surface area contributed by atoms with Crippen molar-refractivity contribution < 1.29 is 9.53 Å². The van der Waals surface area contributed by atoms with Crippen LogP contribution in [0.4, 0.5) is 0 Å². The van der Waals surface area contributed by atoms with Crippen LogP contribution in [0.25, 0.3) is 0 Å². The third-order valence-corrected chi connectivity index (χ3v) is 12.0. The minimum atomic E-state index is 0. The number of ketones is 1. The Morgan fingerprint density at radius 3 is 2.47 bits per heavy atom. The standard InChI is InChI=1S/C30H51NO2.ClH/c1-22(7-9-24(32)14-17-31-18-20-33-21-19-31)26-11-12-27-25-10-8-23-6-4-5-15-29(23,2)28(25)13-16-30(26,27)3;/h22-23,25-28H,4-21H2,1-3H3;1H/t22-,23?,25+,26-,27+,28+,29+,30-;/m1./s1. The highest BCUT2D eigenvalue weighted by molar-refractivity contribution is 5.85. The van der Waals surface area contributed by atoms with Crippen LogP contribution in [0, 0.1) is 46.3 Å². The van der Waals surface area contributed by atoms with Crippen molar-refractivity contribution >= 4 is 18.2 Å². The van der Waals surface area contributed by atoms with E-state index in [0.29, 0.717) is 22.5 Å². The van der Waals surface area contributed by atoms with Gasteiger partial charge in [0.15, 0.2) is 0 Å². The summed E-state index contributed by atoms with van der Waals surface area (Å²) >= 11 is 0. The van der Waals surface area contributed by atoms with E-state index in [9.17, 15) is 4.79 Å². The zero-order valence-corrected chi connectivity index (χ0v) is 23.2. The van der Waals surface area contributed by atoms with Crippen LogP contribution in [-0.2, 0) is 9.53 Å². The molecule has 0 spiro atoms. The first-order valence-electron chi connectivity index (χ1n) is 14.7. The second kappa shape index (κ2) is 11.1. The fourth-order valence-corrected chi connectivity index (χ4v) is 10.1. The second-order valence-corrected chi connectivity index (χ2v) is 13.4. The van der Waals surface area contributed by atoms with Gasteiger partial charge in [-0.1, -0.05) is 33.6 Å². The lowest BCUT2D eigenvalue weighted by atomic mass is 9.44. The van der Waals surface area contributed by atoms with E-state index < -0.39 is 0 Å². The Hall–Kier alpha value is -0.120. The normalized spacial score (nSPS) is 43.2. The first kappa shape index (κ1) is 26.9. The molecular formula is C30H52ClNO2. The van der Waals surface area contributed by atoms with E-state index in [-0.39, 0.29) is 12.4 Å². The van der Waals surface area contributed by atoms with Crippen LogP contribution in [0.5, 0.6) is 0 Å². The maximum absolute atomic E-state index is 12.7. The molecule has 0 amide bonds. The summed E-state index contributed by atoms with van der Waals surface area (Å²) in [5.41, 5.74) is 1.19. The van der Waals surface area contributed by atoms with Crippen LogP contribution in [0.2, 0.25) is 0 Å². The molecule has 34 heavy (non-hydrogen) atoms. The Balaban J connectivity index is 0.00000274. The largest absolute Gasteiger partial charge is 0.379 e. The molecule has 1 aliphatic heterocycles. The number of ether oxygens (including phenoxy) is 1. The summed E-state index contributed by atoms with van der Waals surface area (Å²) in [6, 6.07) is 0. The Labute approximate surface area is 215 Å². The minimum absolute atomic E-state index is 0. The quantitative estimate of drug-likeness (QED) is 0.376. The molecule has 4 heteroatoms. The van der Waals surface area contributed by atoms with E-state index in [1.165, 1.54) is 64.2 Å². The fraction of sp³-hybridized carbons (Fsp3) is 0.967. The predicted molar refractivity (Wildman–Crippen MR) is 142 cm³/mol. The lowest BCUT2D eigenvalue weighted by Gasteiger charge is -2.61. The predicted octanol–water partition coefficient (Wildman–Crippen LogP) is 7.16. The average molecular weight is 494 g/mol. The first-order valence-corrected chi connectivity index (χ1v) is 14.7. The van der Waals surface area contributed by atoms with Crippen molar-refractivity contribution in [2.75, 3.05) is 32.8 Å². The van der Waals surface area contributed by atoms with Gasteiger partial charge >= 0.3 is 0 Å². The molecule has 0 N–H and O–H groups in total. The van der Waals surface area contributed by atoms with E-state index in [2.05, 4.69) is 25.7 Å². The van der Waals surface area contributed by atoms with E-state index >= 15 is 0 Å². The number of carbonyl (C=O) groups excluding carboxylic acids is 1. The highest BCUT2D eigenvalue weighted by Crippen LogP contribution is 2.68. The average Bonchev–Trinajstić information content (AvgIpc) is 3.19. The molecule has 3 nitrogen and oxygen atoms in total. The zero-order valence-electron chi connectivity index (χ0n) is 22.4. The fourth-order valence-electron chi connectivity index (χ4n) is 10.1. The summed E-state index contributed by atoms with van der Waals surface area (Å²) in [6.45, 7) is 12.4. The van der Waals surface area contributed by atoms with Gasteiger partial charge in [-0.3, -0.25) is 9.69 Å². The van der Waals surface area contributed by atoms with E-state index in [0.717, 1.165) is 81.7 Å². The van der Waals surface area contributed by atoms with Crippen molar-refractivity contribution in [3.8, 4) is 0 Å². The molecule has 0 aromatic heterocycles. The van der Waals surface area contributed by atoms with Crippen molar-refractivity contribution in [3.05, 3.63) is 0 Å². The minimum Gasteiger partial charge on any atom is -0.379 e. The smallest absolute Gasteiger partial charge is 0.134 e. The molecule has 8 atom stereocenters. The molecule has 5 aliphatic rings. The topological polar surface area (TPSA) is 29.5 Å². The Morgan fingerprint density at radius 2 is 1.68 bits per heavy atom. The van der Waals surface area contributed by atoms with Crippen molar-refractivity contribution in [1.82, 2.24) is 4.90 Å². The van der Waals surface area contributed by atoms with Crippen LogP contribution in [-0.4, -0.2) is 43.5 Å². The van der Waals surface area contributed by atoms with E-state index in [4.69, 9.17) is 4.74 Å². The maximum Gasteiger partial charge on any atom is 0.134 e. The summed E-state index contributed by atoms with van der Waals surface area (Å²) < 4.78 is 5.43. The molecule has 0 bridgehead atoms. The number of nitrogens with zero attached hydrogens (tertiary/aromatic N) is 1. The highest BCUT2D eigenvalue weighted by atomic mass is 35.5. The van der Waals surface area contributed by atoms with E-state index in [1.54, 1.807) is 0 Å². The van der Waals surface area contributed by atoms with Crippen LogP contribution >= 0.6 is 12.4 Å². The van der Waals surface area contributed by atoms with Gasteiger partial charge < -0.3 is 4.74 Å². The summed E-state index contributed by atoms with van der Waals surface area (Å²) in [5, 5.41) is 0. The van der Waals surface area contributed by atoms with Crippen LogP contribution < -0.4 is 0 Å². The second-order valence-electron chi connectivity index (χ2n) is 13.4. The third kappa shape index (κ3) is 5.01. The molecule has 0 aromatic carbocycles. The SMILES string of the molecule is C[C@H](CCC(=O)CCN1CCOCC1)[C@H]1CC[C@H]2[C@@H]3CCC4CCCC[C@]4(C)[C@H]3CC[C@]12C.Cl. The van der Waals surface area contributed by atoms with Crippen LogP contribution in [0.15, 0.2) is 0 Å². The number of halogens is 1. The van der Waals surface area contributed by atoms with Gasteiger partial charge in [0.05, 0.1) is 13.2 Å². The van der Waals surface area contributed by atoms with Crippen molar-refractivity contribution in [2.24, 2.45) is 46.3 Å². The highest BCUT2D eigenvalue weighted by Gasteiger charge is 2.60. The molecule has 5 fully saturated rings. The third-order valence-electron chi connectivity index (χ3n) is 12.0. The summed E-state index contributed by atoms with van der Waals surface area (Å²) in [5.74, 6) is 6.01. The molecule has 0 aromatic rings. The summed E-state index contributed by atoms with van der Waals surface area (Å²) in [7, 11) is 0. The van der Waals surface area contributed by atoms with Gasteiger partial charge in [0.25, 0.3) is 0 Å². The number of Topliss-reactive ketones (excluding diaryl/α,β-unsaturated/α-hetero) is 1. The lowest BCUT2D eigenvalue weighted by molar-refractivity contribution is -0.121. The summed E-state index contributed by atoms with van der Waals surface area (Å²) in [6.07, 6.45) is 17.5. The number of rotatable bonds is 7. The molecule has 1 heterocycles. The van der Waals surface area contributed by atoms with Gasteiger partial charge in [-0.25, -0.2) is 0 Å². The lowest BCUT2D eigenvalue weighted by Crippen LogP contribution is -2.53. The molecule has 1 saturated heterocycles. The van der Waals surface area contributed by atoms with Crippen molar-refractivity contribution in [2.45, 2.75) is 104 Å². The Morgan fingerprint density at radius 1 is 0.912 bits per heavy atom.